The Morgan fingerprint density at radius 3 is 2.86 bits per heavy atom. The maximum atomic E-state index is 13.7. The molecule has 1 heterocycles. The molecule has 1 aromatic carbocycles. The van der Waals surface area contributed by atoms with Crippen LogP contribution in [0.1, 0.15) is 37.8 Å². The molecule has 1 atom stereocenters. The molecule has 0 bridgehead atoms. The Labute approximate surface area is 121 Å². The van der Waals surface area contributed by atoms with Crippen LogP contribution in [-0.4, -0.2) is 31.3 Å². The molecule has 0 fully saturated rings. The van der Waals surface area contributed by atoms with E-state index >= 15 is 0 Å². The fourth-order valence-electron chi connectivity index (χ4n) is 2.21. The summed E-state index contributed by atoms with van der Waals surface area (Å²) in [7, 11) is 0. The van der Waals surface area contributed by atoms with E-state index in [2.05, 4.69) is 15.5 Å². The van der Waals surface area contributed by atoms with Crippen LogP contribution >= 0.6 is 0 Å². The summed E-state index contributed by atoms with van der Waals surface area (Å²) in [6.45, 7) is 3.64. The molecular weight excluding hydrogens is 275 g/mol. The quantitative estimate of drug-likeness (QED) is 0.885. The summed E-state index contributed by atoms with van der Waals surface area (Å²) < 4.78 is 15.2. The predicted octanol–water partition coefficient (Wildman–Crippen LogP) is 2.60. The molecule has 6 nitrogen and oxygen atoms in total. The molecule has 1 aromatic heterocycles. The number of halogens is 1. The second kappa shape index (κ2) is 6.43. The van der Waals surface area contributed by atoms with Crippen LogP contribution in [0, 0.1) is 12.7 Å². The number of nitrogens with zero attached hydrogens (tertiary/aromatic N) is 4. The smallest absolute Gasteiger partial charge is 0.305 e. The lowest BCUT2D eigenvalue weighted by Gasteiger charge is -2.15. The van der Waals surface area contributed by atoms with E-state index in [9.17, 15) is 9.18 Å². The molecule has 2 rings (SSSR count). The van der Waals surface area contributed by atoms with Crippen molar-refractivity contribution in [1.29, 1.82) is 0 Å². The normalized spacial score (nSPS) is 12.3. The Hall–Kier alpha value is -2.31. The zero-order valence-electron chi connectivity index (χ0n) is 12.0. The van der Waals surface area contributed by atoms with E-state index in [4.69, 9.17) is 5.11 Å². The molecular formula is C14H17FN4O2. The van der Waals surface area contributed by atoms with E-state index in [1.807, 2.05) is 6.92 Å². The average Bonchev–Trinajstić information content (AvgIpc) is 2.90. The molecule has 0 amide bonds. The maximum absolute atomic E-state index is 13.7. The summed E-state index contributed by atoms with van der Waals surface area (Å²) in [5, 5.41) is 20.4. The van der Waals surface area contributed by atoms with Gasteiger partial charge in [0.05, 0.1) is 12.5 Å². The summed E-state index contributed by atoms with van der Waals surface area (Å²) in [6, 6.07) is 4.39. The maximum Gasteiger partial charge on any atom is 0.305 e. The molecule has 0 aliphatic heterocycles. The molecule has 0 spiro atoms. The van der Waals surface area contributed by atoms with E-state index in [1.165, 1.54) is 10.7 Å². The van der Waals surface area contributed by atoms with Crippen molar-refractivity contribution in [2.75, 3.05) is 0 Å². The van der Waals surface area contributed by atoms with Crippen LogP contribution in [0.2, 0.25) is 0 Å². The third kappa shape index (κ3) is 3.42. The van der Waals surface area contributed by atoms with Crippen molar-refractivity contribution >= 4 is 5.97 Å². The summed E-state index contributed by atoms with van der Waals surface area (Å²) in [5.41, 5.74) is 1.07. The van der Waals surface area contributed by atoms with Crippen molar-refractivity contribution in [2.45, 2.75) is 39.2 Å². The Kier molecular flexibility index (Phi) is 4.62. The predicted molar refractivity (Wildman–Crippen MR) is 74.1 cm³/mol. The van der Waals surface area contributed by atoms with Gasteiger partial charge in [-0.25, -0.2) is 9.07 Å². The fraction of sp³-hybridized carbons (Fsp3) is 0.429. The summed E-state index contributed by atoms with van der Waals surface area (Å²) in [5.74, 6) is -0.870. The number of carboxylic acid groups (broad SMARTS) is 1. The third-order valence-corrected chi connectivity index (χ3v) is 3.30. The summed E-state index contributed by atoms with van der Waals surface area (Å²) in [4.78, 5) is 11.0. The highest BCUT2D eigenvalue weighted by Gasteiger charge is 2.21. The van der Waals surface area contributed by atoms with Crippen molar-refractivity contribution in [3.63, 3.8) is 0 Å². The Bertz CT molecular complexity index is 642. The fourth-order valence-corrected chi connectivity index (χ4v) is 2.21. The number of aromatic nitrogens is 4. The summed E-state index contributed by atoms with van der Waals surface area (Å²) >= 11 is 0. The molecule has 0 radical (unpaired) electrons. The average molecular weight is 292 g/mol. The highest BCUT2D eigenvalue weighted by molar-refractivity contribution is 5.67. The minimum Gasteiger partial charge on any atom is -0.481 e. The van der Waals surface area contributed by atoms with Crippen molar-refractivity contribution in [2.24, 2.45) is 0 Å². The van der Waals surface area contributed by atoms with Crippen molar-refractivity contribution in [3.05, 3.63) is 29.6 Å². The zero-order valence-corrected chi connectivity index (χ0v) is 12.0. The third-order valence-electron chi connectivity index (χ3n) is 3.30. The van der Waals surface area contributed by atoms with Crippen molar-refractivity contribution < 1.29 is 14.3 Å². The van der Waals surface area contributed by atoms with Gasteiger partial charge in [0.25, 0.3) is 0 Å². The highest BCUT2D eigenvalue weighted by Crippen LogP contribution is 2.25. The molecule has 1 unspecified atom stereocenters. The SMILES string of the molecule is CCCC(CC(=O)O)n1nnnc1-c1ccc(C)c(F)c1. The van der Waals surface area contributed by atoms with Crippen LogP contribution in [0.3, 0.4) is 0 Å². The lowest BCUT2D eigenvalue weighted by Crippen LogP contribution is -2.16. The first-order valence-electron chi connectivity index (χ1n) is 6.79. The number of aryl methyl sites for hydroxylation is 1. The van der Waals surface area contributed by atoms with E-state index < -0.39 is 5.97 Å². The lowest BCUT2D eigenvalue weighted by molar-refractivity contribution is -0.138. The molecule has 7 heteroatoms. The highest BCUT2D eigenvalue weighted by atomic mass is 19.1. The number of hydrogen-bond donors (Lipinski definition) is 1. The largest absolute Gasteiger partial charge is 0.481 e. The first-order chi connectivity index (χ1) is 10.0. The Morgan fingerprint density at radius 2 is 2.24 bits per heavy atom. The summed E-state index contributed by atoms with van der Waals surface area (Å²) in [6.07, 6.45) is 1.37. The molecule has 0 saturated carbocycles. The van der Waals surface area contributed by atoms with Gasteiger partial charge in [-0.3, -0.25) is 4.79 Å². The zero-order chi connectivity index (χ0) is 15.4. The molecule has 0 aliphatic carbocycles. The van der Waals surface area contributed by atoms with Crippen LogP contribution < -0.4 is 0 Å². The van der Waals surface area contributed by atoms with Crippen LogP contribution in [0.4, 0.5) is 4.39 Å². The first kappa shape index (κ1) is 15.1. The van der Waals surface area contributed by atoms with E-state index in [0.717, 1.165) is 6.42 Å². The van der Waals surface area contributed by atoms with Crippen molar-refractivity contribution in [1.82, 2.24) is 20.2 Å². The van der Waals surface area contributed by atoms with Crippen LogP contribution in [0.25, 0.3) is 11.4 Å². The van der Waals surface area contributed by atoms with Gasteiger partial charge in [0.1, 0.15) is 5.82 Å². The van der Waals surface area contributed by atoms with Gasteiger partial charge in [0.2, 0.25) is 0 Å². The van der Waals surface area contributed by atoms with Gasteiger partial charge >= 0.3 is 5.97 Å². The van der Waals surface area contributed by atoms with Crippen molar-refractivity contribution in [3.8, 4) is 11.4 Å². The number of benzene rings is 1. The topological polar surface area (TPSA) is 80.9 Å². The minimum absolute atomic E-state index is 0.0692. The second-order valence-corrected chi connectivity index (χ2v) is 4.95. The molecule has 0 aliphatic rings. The van der Waals surface area contributed by atoms with Crippen LogP contribution in [-0.2, 0) is 4.79 Å². The van der Waals surface area contributed by atoms with Gasteiger partial charge in [0.15, 0.2) is 5.82 Å². The van der Waals surface area contributed by atoms with Crippen LogP contribution in [0.15, 0.2) is 18.2 Å². The number of aliphatic carboxylic acids is 1. The van der Waals surface area contributed by atoms with Gasteiger partial charge in [-0.15, -0.1) is 5.10 Å². The molecule has 2 aromatic rings. The Morgan fingerprint density at radius 1 is 1.48 bits per heavy atom. The van der Waals surface area contributed by atoms with E-state index in [0.29, 0.717) is 23.4 Å². The van der Waals surface area contributed by atoms with Gasteiger partial charge < -0.3 is 5.11 Å². The second-order valence-electron chi connectivity index (χ2n) is 4.95. The van der Waals surface area contributed by atoms with Crippen LogP contribution in [0.5, 0.6) is 0 Å². The van der Waals surface area contributed by atoms with E-state index in [1.54, 1.807) is 19.1 Å². The van der Waals surface area contributed by atoms with Gasteiger partial charge in [-0.2, -0.15) is 0 Å². The number of hydrogen-bond acceptors (Lipinski definition) is 4. The number of carbonyl (C=O) groups is 1. The lowest BCUT2D eigenvalue weighted by atomic mass is 10.1. The van der Waals surface area contributed by atoms with Gasteiger partial charge in [-0.05, 0) is 35.4 Å². The molecule has 0 saturated heterocycles. The monoisotopic (exact) mass is 292 g/mol. The van der Waals surface area contributed by atoms with Gasteiger partial charge in [0, 0.05) is 5.56 Å². The number of tetrazole rings is 1. The first-order valence-corrected chi connectivity index (χ1v) is 6.79. The Balaban J connectivity index is 2.39. The molecule has 1 N–H and O–H groups in total. The number of carboxylic acids is 1. The van der Waals surface area contributed by atoms with E-state index in [-0.39, 0.29) is 18.3 Å². The number of rotatable bonds is 6. The molecule has 112 valence electrons. The van der Waals surface area contributed by atoms with Gasteiger partial charge in [-0.1, -0.05) is 25.5 Å². The standard InChI is InChI=1S/C14H17FN4O2/c1-3-4-11(8-13(20)21)19-14(16-17-18-19)10-6-5-9(2)12(15)7-10/h5-7,11H,3-4,8H2,1-2H3,(H,20,21). The minimum atomic E-state index is -0.912. The molecule has 21 heavy (non-hydrogen) atoms.